The maximum Gasteiger partial charge on any atom is 0.341 e. The molecule has 10 heteroatoms. The molecule has 0 heterocycles. The molecule has 0 aliphatic heterocycles. The number of hydrogen-bond acceptors (Lipinski definition) is 10. The lowest BCUT2D eigenvalue weighted by Crippen LogP contribution is -2.67. The van der Waals surface area contributed by atoms with Crippen molar-refractivity contribution in [1.29, 1.82) is 0 Å². The molecule has 3 aliphatic carbocycles. The van der Waals surface area contributed by atoms with Crippen molar-refractivity contribution in [3.8, 4) is 5.75 Å². The second-order valence-electron chi connectivity index (χ2n) is 9.78. The molecule has 0 saturated carbocycles. The van der Waals surface area contributed by atoms with E-state index in [0.29, 0.717) is 5.56 Å². The van der Waals surface area contributed by atoms with Crippen molar-refractivity contribution in [1.82, 2.24) is 4.90 Å². The number of rotatable bonds is 3. The molecule has 36 heavy (non-hydrogen) atoms. The van der Waals surface area contributed by atoms with Gasteiger partial charge in [0.25, 0.3) is 0 Å². The first kappa shape index (κ1) is 25.5. The van der Waals surface area contributed by atoms with Crippen molar-refractivity contribution in [3.05, 3.63) is 70.3 Å². The van der Waals surface area contributed by atoms with Gasteiger partial charge < -0.3 is 36.0 Å². The fourth-order valence-corrected chi connectivity index (χ4v) is 6.13. The Balaban J connectivity index is 2.04. The molecule has 0 bridgehead atoms. The molecule has 3 aliphatic rings. The van der Waals surface area contributed by atoms with Gasteiger partial charge in [-0.05, 0) is 37.2 Å². The summed E-state index contributed by atoms with van der Waals surface area (Å²) in [6, 6.07) is 1.89. The number of aliphatic hydroxyl groups excluding tert-OH is 3. The van der Waals surface area contributed by atoms with Crippen molar-refractivity contribution in [2.75, 3.05) is 21.2 Å². The van der Waals surface area contributed by atoms with Gasteiger partial charge >= 0.3 is 5.97 Å². The molecule has 0 radical (unpaired) electrons. The number of ether oxygens (including phenoxy) is 1. The number of benzene rings is 1. The van der Waals surface area contributed by atoms with Gasteiger partial charge in [-0.15, -0.1) is 0 Å². The van der Waals surface area contributed by atoms with Gasteiger partial charge in [-0.25, -0.2) is 4.79 Å². The highest BCUT2D eigenvalue weighted by atomic mass is 16.5. The quantitative estimate of drug-likeness (QED) is 0.333. The third-order valence-corrected chi connectivity index (χ3v) is 7.77. The van der Waals surface area contributed by atoms with E-state index in [9.17, 15) is 35.1 Å². The van der Waals surface area contributed by atoms with E-state index >= 15 is 0 Å². The van der Waals surface area contributed by atoms with Crippen molar-refractivity contribution < 1.29 is 39.9 Å². The minimum absolute atomic E-state index is 0.0286. The van der Waals surface area contributed by atoms with Crippen LogP contribution in [-0.4, -0.2) is 81.1 Å². The van der Waals surface area contributed by atoms with Crippen molar-refractivity contribution in [3.63, 3.8) is 0 Å². The maximum absolute atomic E-state index is 13.5. The Morgan fingerprint density at radius 2 is 1.83 bits per heavy atom. The number of phenols is 1. The van der Waals surface area contributed by atoms with E-state index < -0.39 is 70.1 Å². The zero-order valence-electron chi connectivity index (χ0n) is 20.4. The van der Waals surface area contributed by atoms with E-state index in [0.717, 1.165) is 7.11 Å². The number of ketones is 1. The number of nitrogens with zero attached hydrogens (tertiary/aromatic N) is 1. The lowest BCUT2D eigenvalue weighted by Gasteiger charge is -2.54. The number of allylic oxidation sites excluding steroid dienone is 2. The van der Waals surface area contributed by atoms with E-state index in [-0.39, 0.29) is 28.0 Å². The highest BCUT2D eigenvalue weighted by molar-refractivity contribution is 6.09. The predicted octanol–water partition coefficient (Wildman–Crippen LogP) is 1.26. The minimum Gasteiger partial charge on any atom is -0.510 e. The lowest BCUT2D eigenvalue weighted by molar-refractivity contribution is -0.161. The molecule has 0 spiro atoms. The van der Waals surface area contributed by atoms with Crippen LogP contribution in [0.25, 0.3) is 5.57 Å². The van der Waals surface area contributed by atoms with Crippen LogP contribution in [0.4, 0.5) is 0 Å². The van der Waals surface area contributed by atoms with Gasteiger partial charge in [0.15, 0.2) is 5.60 Å². The summed E-state index contributed by atoms with van der Waals surface area (Å²) in [6.45, 7) is 9.25. The second kappa shape index (κ2) is 8.22. The number of hydrogen-bond donors (Lipinski definition) is 6. The molecule has 7 N–H and O–H groups in total. The standard InChI is InChI=1S/C26H30N2O8/c1-9-12-7-8-13(25(34)36-6)20(29)14(12)10(2)16-15(9)21(30)18-19(28(4)5)22(31)17(11(3)27)24(33)26(18,35)23(16)32/h7-9,15,18-19,21,29-32,35H,2-3,27H2,1,4-6H3/t9-,15?,18?,19-,21-,26?/m0/s1. The number of aliphatic hydroxyl groups is 4. The summed E-state index contributed by atoms with van der Waals surface area (Å²) in [5.41, 5.74) is 2.86. The molecule has 1 aromatic rings. The molecule has 192 valence electrons. The number of carbonyl (C=O) groups is 2. The number of carbonyl (C=O) groups excluding carboxylic acids is 2. The molecule has 0 aromatic heterocycles. The van der Waals surface area contributed by atoms with Crippen molar-refractivity contribution in [2.24, 2.45) is 17.6 Å². The van der Waals surface area contributed by atoms with Crippen LogP contribution in [-0.2, 0) is 9.53 Å². The predicted molar refractivity (Wildman–Crippen MR) is 130 cm³/mol. The molecule has 0 fully saturated rings. The molecule has 0 amide bonds. The summed E-state index contributed by atoms with van der Waals surface area (Å²) in [7, 11) is 4.34. The first-order valence-electron chi connectivity index (χ1n) is 11.3. The third-order valence-electron chi connectivity index (χ3n) is 7.77. The van der Waals surface area contributed by atoms with E-state index in [1.54, 1.807) is 27.1 Å². The van der Waals surface area contributed by atoms with E-state index in [2.05, 4.69) is 13.2 Å². The monoisotopic (exact) mass is 498 g/mol. The molecular formula is C26H30N2O8. The second-order valence-corrected chi connectivity index (χ2v) is 9.78. The number of nitrogens with two attached hydrogens (primary N) is 1. The summed E-state index contributed by atoms with van der Waals surface area (Å²) >= 11 is 0. The Bertz CT molecular complexity index is 1290. The smallest absolute Gasteiger partial charge is 0.341 e. The van der Waals surface area contributed by atoms with Gasteiger partial charge in [-0.2, -0.15) is 0 Å². The molecule has 1 aromatic carbocycles. The van der Waals surface area contributed by atoms with Crippen molar-refractivity contribution >= 4 is 17.3 Å². The topological polar surface area (TPSA) is 174 Å². The van der Waals surface area contributed by atoms with E-state index in [1.807, 2.05) is 0 Å². The largest absolute Gasteiger partial charge is 0.510 e. The van der Waals surface area contributed by atoms with Crippen LogP contribution in [0.5, 0.6) is 5.75 Å². The zero-order valence-corrected chi connectivity index (χ0v) is 20.4. The zero-order chi connectivity index (χ0) is 27.0. The van der Waals surface area contributed by atoms with Crippen LogP contribution >= 0.6 is 0 Å². The molecular weight excluding hydrogens is 468 g/mol. The number of likely N-dealkylation sites (N-methyl/N-ethyl adjacent to an activating group) is 1. The van der Waals surface area contributed by atoms with Crippen LogP contribution in [0.2, 0.25) is 0 Å². The molecule has 6 atom stereocenters. The summed E-state index contributed by atoms with van der Waals surface area (Å²) < 4.78 is 4.73. The maximum atomic E-state index is 13.5. The fourth-order valence-electron chi connectivity index (χ4n) is 6.13. The number of Topliss-reactive ketones (excluding diaryl/α,β-unsaturated/α-hetero) is 1. The Labute approximate surface area is 207 Å². The van der Waals surface area contributed by atoms with Crippen molar-refractivity contribution in [2.45, 2.75) is 30.6 Å². The van der Waals surface area contributed by atoms with Gasteiger partial charge in [0.1, 0.15) is 22.8 Å². The van der Waals surface area contributed by atoms with Crippen LogP contribution in [0, 0.1) is 11.8 Å². The van der Waals surface area contributed by atoms with E-state index in [4.69, 9.17) is 10.5 Å². The normalized spacial score (nSPS) is 31.7. The summed E-state index contributed by atoms with van der Waals surface area (Å²) in [5.74, 6) is -6.39. The van der Waals surface area contributed by atoms with Gasteiger partial charge in [-0.1, -0.05) is 26.1 Å². The number of esters is 1. The lowest BCUT2D eigenvalue weighted by atomic mass is 9.54. The van der Waals surface area contributed by atoms with Gasteiger partial charge in [0.05, 0.1) is 30.7 Å². The first-order chi connectivity index (χ1) is 16.7. The number of methoxy groups -OCH3 is 1. The highest BCUT2D eigenvalue weighted by Gasteiger charge is 2.66. The van der Waals surface area contributed by atoms with E-state index in [1.165, 1.54) is 11.0 Å². The summed E-state index contributed by atoms with van der Waals surface area (Å²) in [5, 5.41) is 57.0. The minimum atomic E-state index is -2.68. The van der Waals surface area contributed by atoms with Crippen LogP contribution in [0.1, 0.15) is 34.3 Å². The average molecular weight is 499 g/mol. The highest BCUT2D eigenvalue weighted by Crippen LogP contribution is 2.58. The van der Waals surface area contributed by atoms with Crippen LogP contribution in [0.3, 0.4) is 0 Å². The Morgan fingerprint density at radius 1 is 1.22 bits per heavy atom. The van der Waals surface area contributed by atoms with Gasteiger partial charge in [-0.3, -0.25) is 9.69 Å². The Kier molecular flexibility index (Phi) is 5.82. The SMILES string of the molecule is C=C(N)C1=C(O)[C@@H](N(C)C)C2[C@@H](O)C3C(=C(O)C2(O)C1=O)C(=C)c1c(ccc(C(=O)OC)c1O)[C@@H]3C. The number of phenolic OH excluding ortho intramolecular Hbond substituents is 1. The molecule has 0 saturated heterocycles. The van der Waals surface area contributed by atoms with Gasteiger partial charge in [0.2, 0.25) is 5.78 Å². The van der Waals surface area contributed by atoms with Crippen LogP contribution in [0.15, 0.2) is 53.7 Å². The summed E-state index contributed by atoms with van der Waals surface area (Å²) in [4.78, 5) is 27.2. The molecule has 4 rings (SSSR count). The molecule has 10 nitrogen and oxygen atoms in total. The van der Waals surface area contributed by atoms with Crippen LogP contribution < -0.4 is 5.73 Å². The third kappa shape index (κ3) is 3.01. The average Bonchev–Trinajstić information content (AvgIpc) is 2.80. The number of fused-ring (bicyclic) bond motifs is 3. The Hall–Kier alpha value is -3.60. The molecule has 3 unspecified atom stereocenters. The fraction of sp³-hybridized carbons (Fsp3) is 0.385. The first-order valence-corrected chi connectivity index (χ1v) is 11.3. The Morgan fingerprint density at radius 3 is 2.36 bits per heavy atom. The summed E-state index contributed by atoms with van der Waals surface area (Å²) in [6.07, 6.45) is -1.45. The number of aromatic hydroxyl groups is 1. The van der Waals surface area contributed by atoms with Gasteiger partial charge in [0, 0.05) is 22.8 Å².